The summed E-state index contributed by atoms with van der Waals surface area (Å²) in [4.78, 5) is 0. The third-order valence-electron chi connectivity index (χ3n) is 4.92. The number of hydrogen-bond donors (Lipinski definition) is 3. The third kappa shape index (κ3) is 2.36. The predicted octanol–water partition coefficient (Wildman–Crippen LogP) is 1.79. The van der Waals surface area contributed by atoms with Crippen molar-refractivity contribution in [2.75, 3.05) is 0 Å². The molecule has 0 radical (unpaired) electrons. The van der Waals surface area contributed by atoms with E-state index in [0.29, 0.717) is 11.8 Å². The van der Waals surface area contributed by atoms with E-state index in [1.54, 1.807) is 0 Å². The molecule has 3 unspecified atom stereocenters. The minimum atomic E-state index is -0.263. The van der Waals surface area contributed by atoms with Crippen LogP contribution in [0.4, 0.5) is 0 Å². The fraction of sp³-hybridized carbons (Fsp3) is 0.857. The number of aliphatic hydroxyl groups excluding tert-OH is 2. The molecular weight excluding hydrogens is 214 g/mol. The minimum Gasteiger partial charge on any atom is -0.403 e. The van der Waals surface area contributed by atoms with Gasteiger partial charge in [0, 0.05) is 5.70 Å². The van der Waals surface area contributed by atoms with Crippen LogP contribution in [0.3, 0.4) is 0 Å². The van der Waals surface area contributed by atoms with Crippen LogP contribution in [0.2, 0.25) is 0 Å². The molecule has 0 aliphatic heterocycles. The summed E-state index contributed by atoms with van der Waals surface area (Å²) in [6.07, 6.45) is 6.08. The van der Waals surface area contributed by atoms with Gasteiger partial charge in [-0.1, -0.05) is 13.0 Å². The van der Waals surface area contributed by atoms with Gasteiger partial charge in [0.2, 0.25) is 0 Å². The van der Waals surface area contributed by atoms with Crippen molar-refractivity contribution in [1.82, 2.24) is 0 Å². The molecule has 2 saturated carbocycles. The second-order valence-electron chi connectivity index (χ2n) is 6.24. The van der Waals surface area contributed by atoms with Crippen molar-refractivity contribution in [3.63, 3.8) is 0 Å². The summed E-state index contributed by atoms with van der Waals surface area (Å²) in [7, 11) is 0. The molecule has 0 aromatic rings. The van der Waals surface area contributed by atoms with Gasteiger partial charge in [0.15, 0.2) is 0 Å². The Morgan fingerprint density at radius 3 is 2.76 bits per heavy atom. The van der Waals surface area contributed by atoms with Crippen molar-refractivity contribution in [3.8, 4) is 0 Å². The third-order valence-corrected chi connectivity index (χ3v) is 4.92. The average Bonchev–Trinajstić information content (AvgIpc) is 2.51. The molecule has 4 N–H and O–H groups in total. The Morgan fingerprint density at radius 1 is 1.41 bits per heavy atom. The summed E-state index contributed by atoms with van der Waals surface area (Å²) in [5.74, 6) is 1.01. The van der Waals surface area contributed by atoms with Crippen LogP contribution in [-0.4, -0.2) is 22.4 Å². The van der Waals surface area contributed by atoms with E-state index in [1.807, 2.05) is 6.92 Å². The SMILES string of the molecule is C/C(N)=C\CC1C[C@@H](O)CC2(C)C1CC[C@@H]2O. The molecule has 0 saturated heterocycles. The Balaban J connectivity index is 2.14. The first-order valence-corrected chi connectivity index (χ1v) is 6.72. The Hall–Kier alpha value is -0.540. The molecule has 2 fully saturated rings. The zero-order valence-electron chi connectivity index (χ0n) is 10.9. The van der Waals surface area contributed by atoms with Crippen molar-refractivity contribution >= 4 is 0 Å². The highest BCUT2D eigenvalue weighted by Gasteiger charge is 2.52. The Bertz CT molecular complexity index is 311. The molecule has 2 rings (SSSR count). The van der Waals surface area contributed by atoms with Crippen LogP contribution in [0, 0.1) is 17.3 Å². The maximum atomic E-state index is 10.1. The molecular formula is C14H25NO2. The van der Waals surface area contributed by atoms with Gasteiger partial charge in [-0.25, -0.2) is 0 Å². The van der Waals surface area contributed by atoms with Crippen LogP contribution in [0.1, 0.15) is 46.0 Å². The summed E-state index contributed by atoms with van der Waals surface area (Å²) < 4.78 is 0. The van der Waals surface area contributed by atoms with Gasteiger partial charge in [0.1, 0.15) is 0 Å². The molecule has 0 spiro atoms. The highest BCUT2D eigenvalue weighted by atomic mass is 16.3. The molecule has 3 heteroatoms. The largest absolute Gasteiger partial charge is 0.403 e. The van der Waals surface area contributed by atoms with E-state index in [0.717, 1.165) is 37.8 Å². The smallest absolute Gasteiger partial charge is 0.0597 e. The van der Waals surface area contributed by atoms with E-state index in [-0.39, 0.29) is 17.6 Å². The van der Waals surface area contributed by atoms with E-state index in [1.165, 1.54) is 0 Å². The monoisotopic (exact) mass is 239 g/mol. The Kier molecular flexibility index (Phi) is 3.50. The lowest BCUT2D eigenvalue weighted by Crippen LogP contribution is -2.44. The molecule has 2 aliphatic rings. The highest BCUT2D eigenvalue weighted by Crippen LogP contribution is 2.55. The van der Waals surface area contributed by atoms with Gasteiger partial charge in [-0.3, -0.25) is 0 Å². The second-order valence-corrected chi connectivity index (χ2v) is 6.24. The van der Waals surface area contributed by atoms with Gasteiger partial charge in [0.05, 0.1) is 12.2 Å². The van der Waals surface area contributed by atoms with Crippen molar-refractivity contribution in [3.05, 3.63) is 11.8 Å². The molecule has 98 valence electrons. The van der Waals surface area contributed by atoms with Gasteiger partial charge < -0.3 is 15.9 Å². The number of hydrogen-bond acceptors (Lipinski definition) is 3. The standard InChI is InChI=1S/C14H25NO2/c1-9(15)3-4-10-7-11(16)8-14(2)12(10)5-6-13(14)17/h3,10-13,16-17H,4-8,15H2,1-2H3/b9-3+/t10?,11-,12?,13+,14?/m1/s1. The van der Waals surface area contributed by atoms with Crippen molar-refractivity contribution in [1.29, 1.82) is 0 Å². The maximum absolute atomic E-state index is 10.1. The molecule has 0 aromatic heterocycles. The molecule has 2 aliphatic carbocycles. The van der Waals surface area contributed by atoms with Crippen LogP contribution in [0.5, 0.6) is 0 Å². The normalized spacial score (nSPS) is 46.9. The van der Waals surface area contributed by atoms with E-state index in [9.17, 15) is 10.2 Å². The van der Waals surface area contributed by atoms with Crippen molar-refractivity contribution < 1.29 is 10.2 Å². The first-order valence-electron chi connectivity index (χ1n) is 6.72. The van der Waals surface area contributed by atoms with Crippen LogP contribution in [-0.2, 0) is 0 Å². The highest BCUT2D eigenvalue weighted by molar-refractivity contribution is 5.05. The van der Waals surface area contributed by atoms with Gasteiger partial charge in [-0.2, -0.15) is 0 Å². The first-order chi connectivity index (χ1) is 7.93. The van der Waals surface area contributed by atoms with Crippen molar-refractivity contribution in [2.45, 2.75) is 58.2 Å². The maximum Gasteiger partial charge on any atom is 0.0597 e. The quantitative estimate of drug-likeness (QED) is 0.688. The minimum absolute atomic E-state index is 0.0846. The first kappa shape index (κ1) is 12.9. The van der Waals surface area contributed by atoms with E-state index in [4.69, 9.17) is 5.73 Å². The number of nitrogens with two attached hydrogens (primary N) is 1. The van der Waals surface area contributed by atoms with Gasteiger partial charge >= 0.3 is 0 Å². The number of aliphatic hydroxyl groups is 2. The molecule has 0 aromatic carbocycles. The van der Waals surface area contributed by atoms with E-state index >= 15 is 0 Å². The summed E-state index contributed by atoms with van der Waals surface area (Å²) >= 11 is 0. The molecule has 0 heterocycles. The van der Waals surface area contributed by atoms with Crippen LogP contribution in [0.25, 0.3) is 0 Å². The summed E-state index contributed by atoms with van der Waals surface area (Å²) in [5.41, 5.74) is 6.46. The van der Waals surface area contributed by atoms with E-state index in [2.05, 4.69) is 13.0 Å². The van der Waals surface area contributed by atoms with Crippen LogP contribution >= 0.6 is 0 Å². The molecule has 3 nitrogen and oxygen atoms in total. The van der Waals surface area contributed by atoms with Gasteiger partial charge in [-0.15, -0.1) is 0 Å². The summed E-state index contributed by atoms with van der Waals surface area (Å²) in [6.45, 7) is 4.05. The number of allylic oxidation sites excluding steroid dienone is 2. The Morgan fingerprint density at radius 2 is 2.12 bits per heavy atom. The lowest BCUT2D eigenvalue weighted by atomic mass is 9.62. The van der Waals surface area contributed by atoms with Crippen molar-refractivity contribution in [2.24, 2.45) is 23.0 Å². The topological polar surface area (TPSA) is 66.5 Å². The predicted molar refractivity (Wildman–Crippen MR) is 68.1 cm³/mol. The molecule has 17 heavy (non-hydrogen) atoms. The molecule has 0 amide bonds. The second kappa shape index (κ2) is 4.62. The summed E-state index contributed by atoms with van der Waals surface area (Å²) in [5, 5.41) is 20.2. The molecule has 5 atom stereocenters. The number of rotatable bonds is 2. The Labute approximate surface area is 104 Å². The zero-order chi connectivity index (χ0) is 12.6. The molecule has 0 bridgehead atoms. The zero-order valence-corrected chi connectivity index (χ0v) is 10.9. The van der Waals surface area contributed by atoms with Crippen LogP contribution < -0.4 is 5.73 Å². The summed E-state index contributed by atoms with van der Waals surface area (Å²) in [6, 6.07) is 0. The lowest BCUT2D eigenvalue weighted by Gasteiger charge is -2.45. The number of fused-ring (bicyclic) bond motifs is 1. The van der Waals surface area contributed by atoms with Gasteiger partial charge in [-0.05, 0) is 56.3 Å². The fourth-order valence-electron chi connectivity index (χ4n) is 4.01. The fourth-order valence-corrected chi connectivity index (χ4v) is 4.01. The average molecular weight is 239 g/mol. The lowest BCUT2D eigenvalue weighted by molar-refractivity contribution is -0.0616. The van der Waals surface area contributed by atoms with E-state index < -0.39 is 0 Å². The van der Waals surface area contributed by atoms with Gasteiger partial charge in [0.25, 0.3) is 0 Å². The van der Waals surface area contributed by atoms with Crippen LogP contribution in [0.15, 0.2) is 11.8 Å².